The van der Waals surface area contributed by atoms with Crippen molar-refractivity contribution in [3.8, 4) is 0 Å². The molecule has 2 aromatic heterocycles. The first kappa shape index (κ1) is 14.7. The third-order valence-electron chi connectivity index (χ3n) is 2.86. The highest BCUT2D eigenvalue weighted by Gasteiger charge is 2.19. The molecular formula is C14H15N3O4. The van der Waals surface area contributed by atoms with Gasteiger partial charge in [0.1, 0.15) is 17.8 Å². The molecule has 110 valence electrons. The van der Waals surface area contributed by atoms with Crippen molar-refractivity contribution in [3.63, 3.8) is 0 Å². The summed E-state index contributed by atoms with van der Waals surface area (Å²) in [5.41, 5.74) is -0.112. The molecule has 2 aromatic rings. The number of carbonyl (C=O) groups is 2. The lowest BCUT2D eigenvalue weighted by Gasteiger charge is -2.15. The van der Waals surface area contributed by atoms with E-state index >= 15 is 0 Å². The van der Waals surface area contributed by atoms with Crippen molar-refractivity contribution >= 4 is 17.5 Å². The lowest BCUT2D eigenvalue weighted by Crippen LogP contribution is -2.37. The Balaban J connectivity index is 2.29. The fourth-order valence-corrected chi connectivity index (χ4v) is 1.85. The topological polar surface area (TPSA) is 81.0 Å². The Morgan fingerprint density at radius 3 is 2.86 bits per heavy atom. The Morgan fingerprint density at radius 2 is 2.14 bits per heavy atom. The average Bonchev–Trinajstić information content (AvgIpc) is 2.47. The molecule has 0 saturated carbocycles. The van der Waals surface area contributed by atoms with Crippen LogP contribution >= 0.6 is 0 Å². The number of esters is 1. The van der Waals surface area contributed by atoms with E-state index in [-0.39, 0.29) is 18.7 Å². The number of pyridine rings is 1. The van der Waals surface area contributed by atoms with Crippen LogP contribution in [0.15, 0.2) is 35.4 Å². The van der Waals surface area contributed by atoms with Crippen molar-refractivity contribution < 1.29 is 14.3 Å². The van der Waals surface area contributed by atoms with Crippen LogP contribution in [0.2, 0.25) is 0 Å². The van der Waals surface area contributed by atoms with Gasteiger partial charge in [-0.25, -0.2) is 4.98 Å². The van der Waals surface area contributed by atoms with E-state index in [4.69, 9.17) is 4.74 Å². The molecule has 21 heavy (non-hydrogen) atoms. The summed E-state index contributed by atoms with van der Waals surface area (Å²) < 4.78 is 6.05. The second-order valence-corrected chi connectivity index (χ2v) is 4.37. The minimum atomic E-state index is -0.571. The van der Waals surface area contributed by atoms with Crippen LogP contribution in [-0.4, -0.2) is 46.4 Å². The number of carbonyl (C=O) groups excluding carboxylic acids is 2. The van der Waals surface area contributed by atoms with Crippen LogP contribution in [0, 0.1) is 0 Å². The SMILES string of the molecule is CCOC(=O)CN(C)C(=O)c1cnc2ccccn2c1=O. The maximum Gasteiger partial charge on any atom is 0.325 e. The number of rotatable bonds is 4. The molecule has 0 aliphatic heterocycles. The molecule has 7 heteroatoms. The van der Waals surface area contributed by atoms with Crippen molar-refractivity contribution in [3.05, 3.63) is 46.5 Å². The Morgan fingerprint density at radius 1 is 1.38 bits per heavy atom. The summed E-state index contributed by atoms with van der Waals surface area (Å²) in [7, 11) is 1.43. The lowest BCUT2D eigenvalue weighted by molar-refractivity contribution is -0.143. The normalized spacial score (nSPS) is 10.4. The first-order chi connectivity index (χ1) is 10.0. The van der Waals surface area contributed by atoms with Crippen molar-refractivity contribution in [2.45, 2.75) is 6.92 Å². The minimum absolute atomic E-state index is 0.0921. The van der Waals surface area contributed by atoms with E-state index < -0.39 is 17.4 Å². The highest BCUT2D eigenvalue weighted by Crippen LogP contribution is 2.01. The first-order valence-corrected chi connectivity index (χ1v) is 6.42. The molecule has 0 fully saturated rings. The predicted octanol–water partition coefficient (Wildman–Crippen LogP) is 0.330. The zero-order valence-corrected chi connectivity index (χ0v) is 11.8. The molecule has 0 saturated heterocycles. The van der Waals surface area contributed by atoms with Crippen molar-refractivity contribution in [1.29, 1.82) is 0 Å². The molecular weight excluding hydrogens is 274 g/mol. The second-order valence-electron chi connectivity index (χ2n) is 4.37. The number of hydrogen-bond donors (Lipinski definition) is 0. The minimum Gasteiger partial charge on any atom is -0.465 e. The van der Waals surface area contributed by atoms with Gasteiger partial charge in [0.2, 0.25) is 0 Å². The Hall–Kier alpha value is -2.70. The predicted molar refractivity (Wildman–Crippen MR) is 75.1 cm³/mol. The van der Waals surface area contributed by atoms with Crippen LogP contribution in [-0.2, 0) is 9.53 Å². The van der Waals surface area contributed by atoms with E-state index in [1.54, 1.807) is 25.1 Å². The first-order valence-electron chi connectivity index (χ1n) is 6.42. The van der Waals surface area contributed by atoms with E-state index in [0.717, 1.165) is 4.90 Å². The van der Waals surface area contributed by atoms with E-state index in [1.165, 1.54) is 23.8 Å². The summed E-state index contributed by atoms with van der Waals surface area (Å²) in [5, 5.41) is 0. The van der Waals surface area contributed by atoms with Crippen molar-refractivity contribution in [2.24, 2.45) is 0 Å². The van der Waals surface area contributed by atoms with Gasteiger partial charge in [0.15, 0.2) is 0 Å². The highest BCUT2D eigenvalue weighted by molar-refractivity contribution is 5.95. The largest absolute Gasteiger partial charge is 0.465 e. The van der Waals surface area contributed by atoms with Crippen molar-refractivity contribution in [1.82, 2.24) is 14.3 Å². The van der Waals surface area contributed by atoms with Crippen molar-refractivity contribution in [2.75, 3.05) is 20.2 Å². The van der Waals surface area contributed by atoms with Gasteiger partial charge in [-0.15, -0.1) is 0 Å². The average molecular weight is 289 g/mol. The smallest absolute Gasteiger partial charge is 0.325 e. The molecule has 7 nitrogen and oxygen atoms in total. The van der Waals surface area contributed by atoms with Crippen LogP contribution in [0.5, 0.6) is 0 Å². The number of ether oxygens (including phenoxy) is 1. The summed E-state index contributed by atoms with van der Waals surface area (Å²) >= 11 is 0. The van der Waals surface area contributed by atoms with E-state index in [9.17, 15) is 14.4 Å². The van der Waals surface area contributed by atoms with E-state index in [1.807, 2.05) is 0 Å². The fraction of sp³-hybridized carbons (Fsp3) is 0.286. The fourth-order valence-electron chi connectivity index (χ4n) is 1.85. The van der Waals surface area contributed by atoms with Gasteiger partial charge in [0.25, 0.3) is 11.5 Å². The molecule has 2 rings (SSSR count). The molecule has 2 heterocycles. The number of nitrogens with zero attached hydrogens (tertiary/aromatic N) is 3. The van der Waals surface area contributed by atoms with Gasteiger partial charge in [0.05, 0.1) is 6.61 Å². The zero-order chi connectivity index (χ0) is 15.4. The number of aromatic nitrogens is 2. The molecule has 0 aromatic carbocycles. The van der Waals surface area contributed by atoms with Gasteiger partial charge >= 0.3 is 5.97 Å². The maximum atomic E-state index is 12.2. The molecule has 0 radical (unpaired) electrons. The summed E-state index contributed by atoms with van der Waals surface area (Å²) in [5.74, 6) is -1.10. The van der Waals surface area contributed by atoms with Gasteiger partial charge in [-0.3, -0.25) is 18.8 Å². The van der Waals surface area contributed by atoms with Gasteiger partial charge in [-0.05, 0) is 19.1 Å². The quantitative estimate of drug-likeness (QED) is 0.758. The van der Waals surface area contributed by atoms with Gasteiger partial charge in [-0.2, -0.15) is 0 Å². The third-order valence-corrected chi connectivity index (χ3v) is 2.86. The summed E-state index contributed by atoms with van der Waals surface area (Å²) in [6, 6.07) is 5.08. The molecule has 0 unspecified atom stereocenters. The van der Waals surface area contributed by atoms with E-state index in [2.05, 4.69) is 4.98 Å². The molecule has 0 N–H and O–H groups in total. The number of amides is 1. The molecule has 0 spiro atoms. The summed E-state index contributed by atoms with van der Waals surface area (Å²) in [6.45, 7) is 1.70. The highest BCUT2D eigenvalue weighted by atomic mass is 16.5. The molecule has 1 amide bonds. The Kier molecular flexibility index (Phi) is 4.32. The monoisotopic (exact) mass is 289 g/mol. The standard InChI is InChI=1S/C14H15N3O4/c1-3-21-12(18)9-16(2)13(19)10-8-15-11-6-4-5-7-17(11)14(10)20/h4-8H,3,9H2,1-2H3. The summed E-state index contributed by atoms with van der Waals surface area (Å²) in [6.07, 6.45) is 2.76. The molecule has 0 aliphatic carbocycles. The Labute approximate surface area is 120 Å². The van der Waals surface area contributed by atoms with Gasteiger partial charge < -0.3 is 9.64 Å². The number of likely N-dealkylation sites (N-methyl/N-ethyl adjacent to an activating group) is 1. The molecule has 0 bridgehead atoms. The van der Waals surface area contributed by atoms with Crippen LogP contribution in [0.3, 0.4) is 0 Å². The van der Waals surface area contributed by atoms with Gasteiger partial charge in [0, 0.05) is 19.4 Å². The maximum absolute atomic E-state index is 12.2. The molecule has 0 atom stereocenters. The Bertz CT molecular complexity index is 738. The molecule has 0 aliphatic rings. The summed E-state index contributed by atoms with van der Waals surface area (Å²) in [4.78, 5) is 41.0. The second kappa shape index (κ2) is 6.17. The van der Waals surface area contributed by atoms with Crippen LogP contribution < -0.4 is 5.56 Å². The number of fused-ring (bicyclic) bond motifs is 1. The van der Waals surface area contributed by atoms with E-state index in [0.29, 0.717) is 5.65 Å². The third kappa shape index (κ3) is 3.07. The van der Waals surface area contributed by atoms with Crippen LogP contribution in [0.4, 0.5) is 0 Å². The lowest BCUT2D eigenvalue weighted by atomic mass is 10.3. The van der Waals surface area contributed by atoms with Crippen LogP contribution in [0.1, 0.15) is 17.3 Å². The van der Waals surface area contributed by atoms with Crippen LogP contribution in [0.25, 0.3) is 5.65 Å². The zero-order valence-electron chi connectivity index (χ0n) is 11.8. The number of hydrogen-bond acceptors (Lipinski definition) is 5. The van der Waals surface area contributed by atoms with Gasteiger partial charge in [-0.1, -0.05) is 6.07 Å².